The maximum absolute atomic E-state index is 6.14. The minimum absolute atomic E-state index is 0.457. The fourth-order valence-corrected chi connectivity index (χ4v) is 3.86. The molecule has 2 rings (SSSR count). The maximum atomic E-state index is 6.14. The largest absolute Gasteiger partial charge is 0.330 e. The van der Waals surface area contributed by atoms with Crippen molar-refractivity contribution in [1.82, 2.24) is 0 Å². The molecule has 0 unspecified atom stereocenters. The van der Waals surface area contributed by atoms with Crippen LogP contribution in [0.3, 0.4) is 0 Å². The Bertz CT molecular complexity index is 363. The first-order valence-corrected chi connectivity index (χ1v) is 8.52. The average Bonchev–Trinajstić information content (AvgIpc) is 2.51. The van der Waals surface area contributed by atoms with Crippen LogP contribution in [0.5, 0.6) is 0 Å². The van der Waals surface area contributed by atoms with Crippen LogP contribution in [0.1, 0.15) is 63.9 Å². The van der Waals surface area contributed by atoms with Gasteiger partial charge < -0.3 is 5.73 Å². The highest BCUT2D eigenvalue weighted by atomic mass is 14.6. The van der Waals surface area contributed by atoms with Gasteiger partial charge in [-0.1, -0.05) is 50.1 Å². The lowest BCUT2D eigenvalue weighted by Crippen LogP contribution is -2.35. The molecule has 1 aromatic carbocycles. The highest BCUT2D eigenvalue weighted by Crippen LogP contribution is 2.43. The second-order valence-corrected chi connectivity index (χ2v) is 6.78. The van der Waals surface area contributed by atoms with Gasteiger partial charge in [0.1, 0.15) is 0 Å². The van der Waals surface area contributed by atoms with Crippen molar-refractivity contribution >= 4 is 0 Å². The van der Waals surface area contributed by atoms with Gasteiger partial charge in [0.05, 0.1) is 0 Å². The number of hydrogen-bond donors (Lipinski definition) is 1. The first kappa shape index (κ1) is 15.6. The molecule has 1 saturated carbocycles. The zero-order chi connectivity index (χ0) is 14.3. The molecule has 1 aliphatic rings. The van der Waals surface area contributed by atoms with Gasteiger partial charge in [0, 0.05) is 0 Å². The summed E-state index contributed by atoms with van der Waals surface area (Å²) in [6.45, 7) is 3.20. The van der Waals surface area contributed by atoms with Crippen molar-refractivity contribution in [3.05, 3.63) is 35.9 Å². The number of nitrogens with two attached hydrogens (primary N) is 1. The van der Waals surface area contributed by atoms with Crippen molar-refractivity contribution in [2.45, 2.75) is 64.7 Å². The first-order chi connectivity index (χ1) is 9.78. The van der Waals surface area contributed by atoms with Crippen molar-refractivity contribution in [2.24, 2.45) is 17.1 Å². The summed E-state index contributed by atoms with van der Waals surface area (Å²) in [5.41, 5.74) is 8.07. The lowest BCUT2D eigenvalue weighted by atomic mass is 9.67. The van der Waals surface area contributed by atoms with E-state index in [1.165, 1.54) is 63.4 Å². The molecule has 1 aliphatic carbocycles. The van der Waals surface area contributed by atoms with Crippen LogP contribution in [0.2, 0.25) is 0 Å². The number of benzene rings is 1. The second-order valence-electron chi connectivity index (χ2n) is 6.78. The minimum atomic E-state index is 0.457. The molecule has 0 atom stereocenters. The molecule has 0 radical (unpaired) electrons. The topological polar surface area (TPSA) is 26.0 Å². The summed E-state index contributed by atoms with van der Waals surface area (Å²) in [6, 6.07) is 10.9. The molecule has 20 heavy (non-hydrogen) atoms. The van der Waals surface area contributed by atoms with Crippen molar-refractivity contribution in [1.29, 1.82) is 0 Å². The third-order valence-electron chi connectivity index (χ3n) is 5.31. The Kier molecular flexibility index (Phi) is 6.09. The van der Waals surface area contributed by atoms with Crippen LogP contribution >= 0.6 is 0 Å². The van der Waals surface area contributed by atoms with Crippen LogP contribution in [0.25, 0.3) is 0 Å². The Morgan fingerprint density at radius 2 is 1.85 bits per heavy atom. The second kappa shape index (κ2) is 7.83. The molecule has 0 amide bonds. The average molecular weight is 273 g/mol. The predicted octanol–water partition coefficient (Wildman–Crippen LogP) is 4.94. The lowest BCUT2D eigenvalue weighted by Gasteiger charge is -2.39. The third kappa shape index (κ3) is 4.34. The summed E-state index contributed by atoms with van der Waals surface area (Å²) in [5, 5.41) is 0. The molecule has 0 aromatic heterocycles. The molecule has 0 spiro atoms. The molecule has 1 aromatic rings. The van der Waals surface area contributed by atoms with Crippen molar-refractivity contribution in [3.8, 4) is 0 Å². The lowest BCUT2D eigenvalue weighted by molar-refractivity contribution is 0.137. The van der Waals surface area contributed by atoms with Gasteiger partial charge in [0.15, 0.2) is 0 Å². The molecule has 1 fully saturated rings. The quantitative estimate of drug-likeness (QED) is 0.747. The van der Waals surface area contributed by atoms with Crippen molar-refractivity contribution in [2.75, 3.05) is 6.54 Å². The highest BCUT2D eigenvalue weighted by Gasteiger charge is 2.33. The number of hydrogen-bond acceptors (Lipinski definition) is 1. The molecule has 0 saturated heterocycles. The smallest absolute Gasteiger partial charge is 0.00205 e. The van der Waals surface area contributed by atoms with E-state index in [1.54, 1.807) is 0 Å². The monoisotopic (exact) mass is 273 g/mol. The maximum Gasteiger partial charge on any atom is -0.00205 e. The van der Waals surface area contributed by atoms with Gasteiger partial charge in [0.25, 0.3) is 0 Å². The van der Waals surface area contributed by atoms with Gasteiger partial charge in [-0.25, -0.2) is 0 Å². The summed E-state index contributed by atoms with van der Waals surface area (Å²) in [7, 11) is 0. The van der Waals surface area contributed by atoms with E-state index in [1.807, 2.05) is 0 Å². The molecule has 2 N–H and O–H groups in total. The zero-order valence-electron chi connectivity index (χ0n) is 13.1. The van der Waals surface area contributed by atoms with Gasteiger partial charge in [-0.3, -0.25) is 0 Å². The van der Waals surface area contributed by atoms with E-state index in [0.29, 0.717) is 5.41 Å². The fraction of sp³-hybridized carbons (Fsp3) is 0.684. The van der Waals surface area contributed by atoms with E-state index in [0.717, 1.165) is 12.5 Å². The third-order valence-corrected chi connectivity index (χ3v) is 5.31. The molecule has 0 heterocycles. The van der Waals surface area contributed by atoms with E-state index in [-0.39, 0.29) is 0 Å². The molecule has 1 heteroatoms. The molecular formula is C19H31N. The number of rotatable bonds is 7. The van der Waals surface area contributed by atoms with Crippen molar-refractivity contribution < 1.29 is 0 Å². The fourth-order valence-electron chi connectivity index (χ4n) is 3.86. The van der Waals surface area contributed by atoms with Crippen LogP contribution in [0, 0.1) is 11.3 Å². The van der Waals surface area contributed by atoms with E-state index in [2.05, 4.69) is 37.3 Å². The summed E-state index contributed by atoms with van der Waals surface area (Å²) >= 11 is 0. The van der Waals surface area contributed by atoms with E-state index >= 15 is 0 Å². The Morgan fingerprint density at radius 3 is 2.45 bits per heavy atom. The van der Waals surface area contributed by atoms with Gasteiger partial charge >= 0.3 is 0 Å². The SMILES string of the molecule is CCCC1CCC(CN)(CCCc2ccccc2)CC1. The Labute approximate surface area is 125 Å². The summed E-state index contributed by atoms with van der Waals surface area (Å²) in [5.74, 6) is 0.980. The van der Waals surface area contributed by atoms with E-state index < -0.39 is 0 Å². The first-order valence-electron chi connectivity index (χ1n) is 8.52. The molecule has 0 aliphatic heterocycles. The Morgan fingerprint density at radius 1 is 1.15 bits per heavy atom. The minimum Gasteiger partial charge on any atom is -0.330 e. The molecule has 1 nitrogen and oxygen atoms in total. The van der Waals surface area contributed by atoms with Gasteiger partial charge in [-0.05, 0) is 68.4 Å². The normalized spacial score (nSPS) is 26.6. The molecule has 0 bridgehead atoms. The van der Waals surface area contributed by atoms with Crippen molar-refractivity contribution in [3.63, 3.8) is 0 Å². The molecular weight excluding hydrogens is 242 g/mol. The summed E-state index contributed by atoms with van der Waals surface area (Å²) < 4.78 is 0. The zero-order valence-corrected chi connectivity index (χ0v) is 13.1. The van der Waals surface area contributed by atoms with E-state index in [9.17, 15) is 0 Å². The van der Waals surface area contributed by atoms with Gasteiger partial charge in [-0.2, -0.15) is 0 Å². The summed E-state index contributed by atoms with van der Waals surface area (Å²) in [6.07, 6.45) is 12.1. The van der Waals surface area contributed by atoms with Gasteiger partial charge in [0.2, 0.25) is 0 Å². The van der Waals surface area contributed by atoms with E-state index in [4.69, 9.17) is 5.73 Å². The predicted molar refractivity (Wildman–Crippen MR) is 87.7 cm³/mol. The Hall–Kier alpha value is -0.820. The van der Waals surface area contributed by atoms with Crippen LogP contribution in [0.15, 0.2) is 30.3 Å². The highest BCUT2D eigenvalue weighted by molar-refractivity contribution is 5.14. The van der Waals surface area contributed by atoms with Crippen LogP contribution < -0.4 is 5.73 Å². The van der Waals surface area contributed by atoms with Crippen LogP contribution in [0.4, 0.5) is 0 Å². The standard InChI is InChI=1S/C19H31N/c1-2-7-17-11-14-19(16-20,15-12-17)13-6-10-18-8-4-3-5-9-18/h3-5,8-9,17H,2,6-7,10-16,20H2,1H3. The molecule has 112 valence electrons. The van der Waals surface area contributed by atoms with Gasteiger partial charge in [-0.15, -0.1) is 0 Å². The Balaban J connectivity index is 1.78. The van der Waals surface area contributed by atoms with Crippen LogP contribution in [-0.2, 0) is 6.42 Å². The number of aryl methyl sites for hydroxylation is 1. The van der Waals surface area contributed by atoms with Crippen LogP contribution in [-0.4, -0.2) is 6.54 Å². The summed E-state index contributed by atoms with van der Waals surface area (Å²) in [4.78, 5) is 0.